The van der Waals surface area contributed by atoms with Crippen molar-refractivity contribution in [1.82, 2.24) is 20.4 Å². The molecular weight excluding hydrogens is 166 g/mol. The SMILES string of the molecule is C=Cc1nnc(NCCCC)nn1. The first-order chi connectivity index (χ1) is 6.36. The van der Waals surface area contributed by atoms with Crippen molar-refractivity contribution in [3.05, 3.63) is 12.4 Å². The molecule has 13 heavy (non-hydrogen) atoms. The fourth-order valence-corrected chi connectivity index (χ4v) is 0.767. The van der Waals surface area contributed by atoms with Gasteiger partial charge in [0.05, 0.1) is 0 Å². The Kier molecular flexibility index (Phi) is 3.81. The van der Waals surface area contributed by atoms with Gasteiger partial charge in [-0.2, -0.15) is 0 Å². The molecule has 1 heterocycles. The Morgan fingerprint density at radius 3 is 2.54 bits per heavy atom. The van der Waals surface area contributed by atoms with Crippen LogP contribution in [0.15, 0.2) is 6.58 Å². The van der Waals surface area contributed by atoms with E-state index >= 15 is 0 Å². The van der Waals surface area contributed by atoms with E-state index in [1.807, 2.05) is 0 Å². The molecule has 0 aliphatic rings. The summed E-state index contributed by atoms with van der Waals surface area (Å²) in [6, 6.07) is 0. The van der Waals surface area contributed by atoms with Crippen molar-refractivity contribution >= 4 is 12.0 Å². The molecule has 0 fully saturated rings. The van der Waals surface area contributed by atoms with E-state index in [2.05, 4.69) is 39.2 Å². The van der Waals surface area contributed by atoms with Gasteiger partial charge in [0.2, 0.25) is 0 Å². The molecule has 0 bridgehead atoms. The number of hydrogen-bond donors (Lipinski definition) is 1. The summed E-state index contributed by atoms with van der Waals surface area (Å²) in [5, 5.41) is 18.2. The van der Waals surface area contributed by atoms with E-state index in [0.29, 0.717) is 11.8 Å². The van der Waals surface area contributed by atoms with Crippen LogP contribution in [0.3, 0.4) is 0 Å². The molecule has 0 unspecified atom stereocenters. The van der Waals surface area contributed by atoms with E-state index in [0.717, 1.165) is 19.4 Å². The molecule has 0 amide bonds. The minimum atomic E-state index is 0.445. The van der Waals surface area contributed by atoms with Crippen LogP contribution in [0.1, 0.15) is 25.6 Å². The van der Waals surface area contributed by atoms with Crippen LogP contribution in [0, 0.1) is 0 Å². The predicted molar refractivity (Wildman–Crippen MR) is 51.1 cm³/mol. The molecule has 1 aromatic rings. The Morgan fingerprint density at radius 2 is 2.00 bits per heavy atom. The second-order valence-electron chi connectivity index (χ2n) is 2.57. The first-order valence-corrected chi connectivity index (χ1v) is 4.30. The predicted octanol–water partition coefficient (Wildman–Crippen LogP) is 1.12. The molecular formula is C8H13N5. The van der Waals surface area contributed by atoms with Crippen molar-refractivity contribution in [1.29, 1.82) is 0 Å². The Labute approximate surface area is 77.3 Å². The Bertz CT molecular complexity index is 256. The molecule has 0 aliphatic heterocycles. The molecule has 5 nitrogen and oxygen atoms in total. The third-order valence-corrected chi connectivity index (χ3v) is 1.49. The van der Waals surface area contributed by atoms with E-state index in [-0.39, 0.29) is 0 Å². The molecule has 0 aromatic carbocycles. The summed E-state index contributed by atoms with van der Waals surface area (Å²) in [5.41, 5.74) is 0. The van der Waals surface area contributed by atoms with Crippen molar-refractivity contribution in [3.8, 4) is 0 Å². The number of nitrogens with zero attached hydrogens (tertiary/aromatic N) is 4. The van der Waals surface area contributed by atoms with Crippen LogP contribution >= 0.6 is 0 Å². The summed E-state index contributed by atoms with van der Waals surface area (Å²) in [4.78, 5) is 0. The largest absolute Gasteiger partial charge is 0.352 e. The molecule has 0 radical (unpaired) electrons. The van der Waals surface area contributed by atoms with Gasteiger partial charge in [0, 0.05) is 6.54 Å². The van der Waals surface area contributed by atoms with Gasteiger partial charge in [-0.15, -0.1) is 20.4 Å². The molecule has 1 N–H and O–H groups in total. The maximum Gasteiger partial charge on any atom is 0.262 e. The van der Waals surface area contributed by atoms with E-state index in [1.54, 1.807) is 0 Å². The summed E-state index contributed by atoms with van der Waals surface area (Å²) in [6.45, 7) is 6.49. The molecule has 70 valence electrons. The van der Waals surface area contributed by atoms with Crippen LogP contribution < -0.4 is 5.32 Å². The van der Waals surface area contributed by atoms with Crippen LogP contribution in [0.5, 0.6) is 0 Å². The van der Waals surface area contributed by atoms with E-state index < -0.39 is 0 Å². The molecule has 0 saturated carbocycles. The summed E-state index contributed by atoms with van der Waals surface area (Å²) in [6.07, 6.45) is 3.74. The molecule has 1 rings (SSSR count). The van der Waals surface area contributed by atoms with Crippen molar-refractivity contribution in [2.45, 2.75) is 19.8 Å². The highest BCUT2D eigenvalue weighted by molar-refractivity contribution is 5.34. The first kappa shape index (κ1) is 9.57. The van der Waals surface area contributed by atoms with Crippen molar-refractivity contribution in [2.24, 2.45) is 0 Å². The number of aromatic nitrogens is 4. The summed E-state index contributed by atoms with van der Waals surface area (Å²) < 4.78 is 0. The van der Waals surface area contributed by atoms with Gasteiger partial charge in [-0.3, -0.25) is 0 Å². The monoisotopic (exact) mass is 179 g/mol. The first-order valence-electron chi connectivity index (χ1n) is 4.30. The number of nitrogens with one attached hydrogen (secondary N) is 1. The summed E-state index contributed by atoms with van der Waals surface area (Å²) in [5.74, 6) is 0.917. The topological polar surface area (TPSA) is 63.6 Å². The Hall–Kier alpha value is -1.52. The zero-order valence-electron chi connectivity index (χ0n) is 7.69. The fraction of sp³-hybridized carbons (Fsp3) is 0.500. The maximum atomic E-state index is 3.82. The van der Waals surface area contributed by atoms with Gasteiger partial charge in [-0.1, -0.05) is 19.9 Å². The van der Waals surface area contributed by atoms with Gasteiger partial charge < -0.3 is 5.32 Å². The normalized spacial score (nSPS) is 9.62. The smallest absolute Gasteiger partial charge is 0.262 e. The standard InChI is InChI=1S/C8H13N5/c1-3-5-6-9-8-12-10-7(4-2)11-13-8/h4H,2-3,5-6H2,1H3,(H,9,12,13). The zero-order valence-corrected chi connectivity index (χ0v) is 7.69. The quantitative estimate of drug-likeness (QED) is 0.686. The van der Waals surface area contributed by atoms with Crippen LogP contribution in [-0.2, 0) is 0 Å². The van der Waals surface area contributed by atoms with E-state index in [1.165, 1.54) is 6.08 Å². The lowest BCUT2D eigenvalue weighted by atomic mass is 10.3. The minimum absolute atomic E-state index is 0.445. The van der Waals surface area contributed by atoms with Crippen LogP contribution in [-0.4, -0.2) is 26.9 Å². The number of unbranched alkanes of at least 4 members (excludes halogenated alkanes) is 1. The highest BCUT2D eigenvalue weighted by Gasteiger charge is 1.96. The van der Waals surface area contributed by atoms with Crippen LogP contribution in [0.2, 0.25) is 0 Å². The lowest BCUT2D eigenvalue weighted by Crippen LogP contribution is -2.08. The summed E-state index contributed by atoms with van der Waals surface area (Å²) >= 11 is 0. The molecule has 0 saturated heterocycles. The summed E-state index contributed by atoms with van der Waals surface area (Å²) in [7, 11) is 0. The van der Waals surface area contributed by atoms with Crippen LogP contribution in [0.4, 0.5) is 5.95 Å². The minimum Gasteiger partial charge on any atom is -0.352 e. The van der Waals surface area contributed by atoms with Crippen molar-refractivity contribution in [3.63, 3.8) is 0 Å². The Morgan fingerprint density at radius 1 is 1.31 bits per heavy atom. The Balaban J connectivity index is 2.44. The van der Waals surface area contributed by atoms with Crippen molar-refractivity contribution in [2.75, 3.05) is 11.9 Å². The third-order valence-electron chi connectivity index (χ3n) is 1.49. The van der Waals surface area contributed by atoms with Gasteiger partial charge in [-0.25, -0.2) is 0 Å². The number of rotatable bonds is 5. The molecule has 5 heteroatoms. The maximum absolute atomic E-state index is 3.82. The van der Waals surface area contributed by atoms with E-state index in [9.17, 15) is 0 Å². The average Bonchev–Trinajstić information content (AvgIpc) is 2.19. The number of anilines is 1. The second-order valence-corrected chi connectivity index (χ2v) is 2.57. The lowest BCUT2D eigenvalue weighted by molar-refractivity contribution is 0.794. The second kappa shape index (κ2) is 5.18. The zero-order chi connectivity index (χ0) is 9.52. The van der Waals surface area contributed by atoms with Gasteiger partial charge >= 0.3 is 0 Å². The number of hydrogen-bond acceptors (Lipinski definition) is 5. The molecule has 0 aliphatic carbocycles. The van der Waals surface area contributed by atoms with Crippen molar-refractivity contribution < 1.29 is 0 Å². The van der Waals surface area contributed by atoms with Gasteiger partial charge in [0.25, 0.3) is 5.95 Å². The lowest BCUT2D eigenvalue weighted by Gasteiger charge is -2.00. The average molecular weight is 179 g/mol. The molecule has 0 spiro atoms. The van der Waals surface area contributed by atoms with Crippen LogP contribution in [0.25, 0.3) is 6.08 Å². The van der Waals surface area contributed by atoms with Gasteiger partial charge in [0.15, 0.2) is 5.82 Å². The third kappa shape index (κ3) is 3.14. The molecule has 0 atom stereocenters. The molecule has 1 aromatic heterocycles. The van der Waals surface area contributed by atoms with E-state index in [4.69, 9.17) is 0 Å². The van der Waals surface area contributed by atoms with Gasteiger partial charge in [-0.05, 0) is 12.5 Å². The highest BCUT2D eigenvalue weighted by atomic mass is 15.3. The fourth-order valence-electron chi connectivity index (χ4n) is 0.767. The van der Waals surface area contributed by atoms with Gasteiger partial charge in [0.1, 0.15) is 0 Å². The highest BCUT2D eigenvalue weighted by Crippen LogP contribution is 1.94.